The first-order chi connectivity index (χ1) is 12.9. The Morgan fingerprint density at radius 2 is 1.93 bits per heavy atom. The van der Waals surface area contributed by atoms with Crippen molar-refractivity contribution in [2.24, 2.45) is 0 Å². The van der Waals surface area contributed by atoms with Crippen LogP contribution in [0.1, 0.15) is 21.5 Å². The van der Waals surface area contributed by atoms with Gasteiger partial charge in [-0.05, 0) is 43.3 Å². The first-order valence-electron chi connectivity index (χ1n) is 8.84. The summed E-state index contributed by atoms with van der Waals surface area (Å²) in [6.45, 7) is 4.43. The molecule has 1 fully saturated rings. The molecule has 0 atom stereocenters. The minimum absolute atomic E-state index is 0.157. The highest BCUT2D eigenvalue weighted by Crippen LogP contribution is 2.21. The van der Waals surface area contributed by atoms with Crippen LogP contribution in [0.4, 0.5) is 0 Å². The maximum absolute atomic E-state index is 12.9. The molecule has 1 N–H and O–H groups in total. The number of likely N-dealkylation sites (N-methyl/N-ethyl adjacent to an activating group) is 1. The van der Waals surface area contributed by atoms with Crippen molar-refractivity contribution in [1.29, 1.82) is 0 Å². The van der Waals surface area contributed by atoms with Crippen LogP contribution in [0.25, 0.3) is 0 Å². The number of aryl methyl sites for hydroxylation is 1. The summed E-state index contributed by atoms with van der Waals surface area (Å²) in [5.74, 6) is -0.299. The molecule has 1 aliphatic rings. The quantitative estimate of drug-likeness (QED) is 0.834. The predicted octanol–water partition coefficient (Wildman–Crippen LogP) is 1.26. The first kappa shape index (κ1) is 19.5. The molecule has 1 amide bonds. The molecule has 1 aromatic heterocycles. The summed E-state index contributed by atoms with van der Waals surface area (Å²) in [7, 11) is -1.64. The molecule has 0 radical (unpaired) electrons. The van der Waals surface area contributed by atoms with E-state index in [1.54, 1.807) is 37.5 Å². The third-order valence-corrected chi connectivity index (χ3v) is 6.62. The molecule has 3 rings (SSSR count). The Labute approximate surface area is 160 Å². The minimum Gasteiger partial charge on any atom is -0.348 e. The maximum Gasteiger partial charge on any atom is 0.251 e. The summed E-state index contributed by atoms with van der Waals surface area (Å²) in [6, 6.07) is 8.40. The van der Waals surface area contributed by atoms with E-state index in [1.807, 2.05) is 13.1 Å². The van der Waals surface area contributed by atoms with Gasteiger partial charge in [0.2, 0.25) is 10.0 Å². The van der Waals surface area contributed by atoms with Crippen LogP contribution >= 0.6 is 0 Å². The van der Waals surface area contributed by atoms with Crippen LogP contribution in [0.15, 0.2) is 47.6 Å². The zero-order valence-electron chi connectivity index (χ0n) is 15.6. The standard InChI is InChI=1S/C19H24N4O3S/c1-15-5-6-17(27(25,26)23-10-8-22(2)9-11-23)12-18(15)19(24)21-14-16-4-3-7-20-13-16/h3-7,12-13H,8-11,14H2,1-2H3,(H,21,24). The highest BCUT2D eigenvalue weighted by molar-refractivity contribution is 7.89. The Hall–Kier alpha value is -2.29. The molecule has 0 unspecified atom stereocenters. The lowest BCUT2D eigenvalue weighted by Gasteiger charge is -2.31. The molecular formula is C19H24N4O3S. The van der Waals surface area contributed by atoms with Crippen molar-refractivity contribution >= 4 is 15.9 Å². The second kappa shape index (κ2) is 8.16. The molecule has 1 aliphatic heterocycles. The fraction of sp³-hybridized carbons (Fsp3) is 0.368. The molecule has 0 spiro atoms. The van der Waals surface area contributed by atoms with Crippen molar-refractivity contribution in [3.63, 3.8) is 0 Å². The van der Waals surface area contributed by atoms with Crippen molar-refractivity contribution in [1.82, 2.24) is 19.5 Å². The minimum atomic E-state index is -3.61. The van der Waals surface area contributed by atoms with E-state index in [-0.39, 0.29) is 10.8 Å². The van der Waals surface area contributed by atoms with Gasteiger partial charge in [0.25, 0.3) is 5.91 Å². The summed E-state index contributed by atoms with van der Waals surface area (Å²) >= 11 is 0. The van der Waals surface area contributed by atoms with Gasteiger partial charge in [-0.2, -0.15) is 4.31 Å². The number of hydrogen-bond donors (Lipinski definition) is 1. The number of rotatable bonds is 5. The van der Waals surface area contributed by atoms with Crippen molar-refractivity contribution in [2.45, 2.75) is 18.4 Å². The maximum atomic E-state index is 12.9. The number of amides is 1. The van der Waals surface area contributed by atoms with Gasteiger partial charge in [-0.25, -0.2) is 8.42 Å². The lowest BCUT2D eigenvalue weighted by atomic mass is 10.1. The molecule has 0 saturated carbocycles. The Bertz CT molecular complexity index is 908. The van der Waals surface area contributed by atoms with Crippen molar-refractivity contribution in [3.8, 4) is 0 Å². The van der Waals surface area contributed by atoms with Gasteiger partial charge in [0, 0.05) is 50.7 Å². The van der Waals surface area contributed by atoms with Crippen molar-refractivity contribution in [2.75, 3.05) is 33.2 Å². The van der Waals surface area contributed by atoms with E-state index >= 15 is 0 Å². The molecule has 144 valence electrons. The third kappa shape index (κ3) is 4.52. The normalized spacial score (nSPS) is 16.2. The van der Waals surface area contributed by atoms with Gasteiger partial charge in [-0.1, -0.05) is 12.1 Å². The molecule has 1 aromatic carbocycles. The number of hydrogen-bond acceptors (Lipinski definition) is 5. The summed E-state index contributed by atoms with van der Waals surface area (Å²) in [4.78, 5) is 18.9. The number of nitrogens with zero attached hydrogens (tertiary/aromatic N) is 3. The van der Waals surface area contributed by atoms with Gasteiger partial charge in [-0.15, -0.1) is 0 Å². The van der Waals surface area contributed by atoms with Crippen LogP contribution in [-0.4, -0.2) is 61.7 Å². The number of carbonyl (C=O) groups is 1. The molecule has 8 heteroatoms. The van der Waals surface area contributed by atoms with E-state index in [0.29, 0.717) is 38.3 Å². The van der Waals surface area contributed by atoms with Crippen LogP contribution in [0.5, 0.6) is 0 Å². The number of pyridine rings is 1. The first-order valence-corrected chi connectivity index (χ1v) is 10.3. The van der Waals surface area contributed by atoms with Gasteiger partial charge in [0.1, 0.15) is 0 Å². The zero-order valence-corrected chi connectivity index (χ0v) is 16.4. The summed E-state index contributed by atoms with van der Waals surface area (Å²) < 4.78 is 27.3. The lowest BCUT2D eigenvalue weighted by molar-refractivity contribution is 0.0950. The number of nitrogens with one attached hydrogen (secondary N) is 1. The topological polar surface area (TPSA) is 82.6 Å². The number of sulfonamides is 1. The van der Waals surface area contributed by atoms with E-state index < -0.39 is 10.0 Å². The summed E-state index contributed by atoms with van der Waals surface area (Å²) in [5, 5.41) is 2.83. The fourth-order valence-corrected chi connectivity index (χ4v) is 4.41. The smallest absolute Gasteiger partial charge is 0.251 e. The summed E-state index contributed by atoms with van der Waals surface area (Å²) in [6.07, 6.45) is 3.35. The molecule has 2 aromatic rings. The number of aromatic nitrogens is 1. The average Bonchev–Trinajstić information content (AvgIpc) is 2.67. The van der Waals surface area contributed by atoms with E-state index in [2.05, 4.69) is 15.2 Å². The Morgan fingerprint density at radius 3 is 2.59 bits per heavy atom. The predicted molar refractivity (Wildman–Crippen MR) is 103 cm³/mol. The average molecular weight is 388 g/mol. The highest BCUT2D eigenvalue weighted by atomic mass is 32.2. The van der Waals surface area contributed by atoms with Gasteiger partial charge >= 0.3 is 0 Å². The van der Waals surface area contributed by atoms with Crippen LogP contribution in [0.3, 0.4) is 0 Å². The van der Waals surface area contributed by atoms with Crippen LogP contribution < -0.4 is 5.32 Å². The van der Waals surface area contributed by atoms with E-state index in [1.165, 1.54) is 10.4 Å². The van der Waals surface area contributed by atoms with Crippen molar-refractivity contribution < 1.29 is 13.2 Å². The monoisotopic (exact) mass is 388 g/mol. The SMILES string of the molecule is Cc1ccc(S(=O)(=O)N2CCN(C)CC2)cc1C(=O)NCc1cccnc1. The summed E-state index contributed by atoms with van der Waals surface area (Å²) in [5.41, 5.74) is 1.98. The van der Waals surface area contributed by atoms with E-state index in [0.717, 1.165) is 11.1 Å². The van der Waals surface area contributed by atoms with E-state index in [9.17, 15) is 13.2 Å². The largest absolute Gasteiger partial charge is 0.348 e. The highest BCUT2D eigenvalue weighted by Gasteiger charge is 2.28. The molecule has 1 saturated heterocycles. The number of carbonyl (C=O) groups excluding carboxylic acids is 1. The van der Waals surface area contributed by atoms with Gasteiger partial charge < -0.3 is 10.2 Å². The Balaban J connectivity index is 1.78. The Kier molecular flexibility index (Phi) is 5.88. The Morgan fingerprint density at radius 1 is 1.19 bits per heavy atom. The van der Waals surface area contributed by atoms with Gasteiger partial charge in [0.05, 0.1) is 4.90 Å². The van der Waals surface area contributed by atoms with Gasteiger partial charge in [0.15, 0.2) is 0 Å². The second-order valence-corrected chi connectivity index (χ2v) is 8.67. The molecule has 0 aliphatic carbocycles. The molecule has 0 bridgehead atoms. The fourth-order valence-electron chi connectivity index (χ4n) is 2.96. The molecule has 27 heavy (non-hydrogen) atoms. The lowest BCUT2D eigenvalue weighted by Crippen LogP contribution is -2.47. The van der Waals surface area contributed by atoms with Crippen molar-refractivity contribution in [3.05, 3.63) is 59.4 Å². The number of benzene rings is 1. The van der Waals surface area contributed by atoms with Crippen LogP contribution in [-0.2, 0) is 16.6 Å². The van der Waals surface area contributed by atoms with E-state index in [4.69, 9.17) is 0 Å². The molecule has 2 heterocycles. The third-order valence-electron chi connectivity index (χ3n) is 4.73. The van der Waals surface area contributed by atoms with Crippen LogP contribution in [0.2, 0.25) is 0 Å². The zero-order chi connectivity index (χ0) is 19.4. The number of piperazine rings is 1. The van der Waals surface area contributed by atoms with Crippen LogP contribution in [0, 0.1) is 6.92 Å². The second-order valence-electron chi connectivity index (χ2n) is 6.73. The molecular weight excluding hydrogens is 364 g/mol. The molecule has 7 nitrogen and oxygen atoms in total. The van der Waals surface area contributed by atoms with Gasteiger partial charge in [-0.3, -0.25) is 9.78 Å².